The van der Waals surface area contributed by atoms with E-state index in [0.29, 0.717) is 6.54 Å². The number of thiophene rings is 1. The van der Waals surface area contributed by atoms with Crippen LogP contribution < -0.4 is 10.2 Å². The van der Waals surface area contributed by atoms with Crippen LogP contribution in [0, 0.1) is 0 Å². The Morgan fingerprint density at radius 2 is 1.81 bits per heavy atom. The molecule has 8 heteroatoms. The molecule has 0 unspecified atom stereocenters. The van der Waals surface area contributed by atoms with Crippen molar-refractivity contribution in [2.24, 2.45) is 0 Å². The van der Waals surface area contributed by atoms with Gasteiger partial charge < -0.3 is 20.4 Å². The maximum Gasteiger partial charge on any atom is 0.414 e. The zero-order valence-corrected chi connectivity index (χ0v) is 14.9. The molecule has 7 nitrogen and oxygen atoms in total. The van der Waals surface area contributed by atoms with Crippen LogP contribution in [-0.4, -0.2) is 41.1 Å². The number of hydrogen-bond acceptors (Lipinski definition) is 5. The molecule has 2 heterocycles. The number of carboxylic acids is 2. The molecule has 1 aliphatic heterocycles. The molecule has 0 radical (unpaired) electrons. The van der Waals surface area contributed by atoms with E-state index in [1.165, 1.54) is 10.4 Å². The number of rotatable bonds is 4. The van der Waals surface area contributed by atoms with Crippen molar-refractivity contribution >= 4 is 34.9 Å². The van der Waals surface area contributed by atoms with Gasteiger partial charge in [0.25, 0.3) is 0 Å². The Kier molecular flexibility index (Phi) is 7.31. The van der Waals surface area contributed by atoms with Gasteiger partial charge in [-0.3, -0.25) is 4.79 Å². The van der Waals surface area contributed by atoms with Gasteiger partial charge >= 0.3 is 11.9 Å². The van der Waals surface area contributed by atoms with Crippen molar-refractivity contribution in [1.82, 2.24) is 5.32 Å². The molecule has 1 aromatic carbocycles. The molecule has 2 aromatic rings. The van der Waals surface area contributed by atoms with E-state index in [-0.39, 0.29) is 5.91 Å². The number of carbonyl (C=O) groups excluding carboxylic acids is 1. The maximum absolute atomic E-state index is 12.4. The minimum absolute atomic E-state index is 0.161. The zero-order valence-electron chi connectivity index (χ0n) is 14.1. The van der Waals surface area contributed by atoms with Gasteiger partial charge in [-0.05, 0) is 35.9 Å². The third-order valence-corrected chi connectivity index (χ3v) is 4.63. The molecule has 0 atom stereocenters. The van der Waals surface area contributed by atoms with Crippen LogP contribution in [0.4, 0.5) is 5.69 Å². The van der Waals surface area contributed by atoms with E-state index in [1.54, 1.807) is 11.3 Å². The number of para-hydroxylation sites is 1. The number of fused-ring (bicyclic) bond motifs is 1. The molecule has 26 heavy (non-hydrogen) atoms. The fraction of sp³-hybridized carbons (Fsp3) is 0.278. The van der Waals surface area contributed by atoms with E-state index in [4.69, 9.17) is 19.8 Å². The SMILES string of the molecule is O=C(CNCc1cccs1)N1CCCc2ccccc21.O=C(O)C(=O)O. The van der Waals surface area contributed by atoms with E-state index < -0.39 is 11.9 Å². The average Bonchev–Trinajstić information content (AvgIpc) is 3.15. The quantitative estimate of drug-likeness (QED) is 0.705. The number of carbonyl (C=O) groups is 3. The lowest BCUT2D eigenvalue weighted by Crippen LogP contribution is -2.40. The van der Waals surface area contributed by atoms with E-state index in [9.17, 15) is 4.79 Å². The van der Waals surface area contributed by atoms with E-state index in [2.05, 4.69) is 22.8 Å². The molecule has 3 rings (SSSR count). The normalized spacial score (nSPS) is 12.5. The molecule has 1 aromatic heterocycles. The van der Waals surface area contributed by atoms with Crippen molar-refractivity contribution in [3.8, 4) is 0 Å². The monoisotopic (exact) mass is 376 g/mol. The first-order valence-corrected chi connectivity index (χ1v) is 8.94. The number of benzene rings is 1. The van der Waals surface area contributed by atoms with Crippen LogP contribution in [0.1, 0.15) is 16.9 Å². The molecule has 0 fully saturated rings. The number of amides is 1. The first-order valence-electron chi connectivity index (χ1n) is 8.06. The number of anilines is 1. The third kappa shape index (κ3) is 5.68. The molecule has 0 aliphatic carbocycles. The van der Waals surface area contributed by atoms with Crippen LogP contribution in [0.25, 0.3) is 0 Å². The highest BCUT2D eigenvalue weighted by Crippen LogP contribution is 2.26. The minimum atomic E-state index is -1.82. The maximum atomic E-state index is 12.4. The van der Waals surface area contributed by atoms with Gasteiger partial charge in [-0.25, -0.2) is 9.59 Å². The summed E-state index contributed by atoms with van der Waals surface area (Å²) in [6.45, 7) is 1.99. The summed E-state index contributed by atoms with van der Waals surface area (Å²) in [5, 5.41) is 20.1. The highest BCUT2D eigenvalue weighted by atomic mass is 32.1. The second-order valence-electron chi connectivity index (χ2n) is 5.57. The molecular formula is C18H20N2O5S. The van der Waals surface area contributed by atoms with Gasteiger partial charge in [0.05, 0.1) is 6.54 Å². The zero-order chi connectivity index (χ0) is 18.9. The Balaban J connectivity index is 0.000000352. The molecule has 0 bridgehead atoms. The first kappa shape index (κ1) is 19.6. The summed E-state index contributed by atoms with van der Waals surface area (Å²) in [5.74, 6) is -3.49. The fourth-order valence-electron chi connectivity index (χ4n) is 2.59. The summed E-state index contributed by atoms with van der Waals surface area (Å²) in [7, 11) is 0. The summed E-state index contributed by atoms with van der Waals surface area (Å²) >= 11 is 1.71. The summed E-state index contributed by atoms with van der Waals surface area (Å²) in [6.07, 6.45) is 2.12. The van der Waals surface area contributed by atoms with Crippen molar-refractivity contribution < 1.29 is 24.6 Å². The van der Waals surface area contributed by atoms with Crippen LogP contribution in [0.15, 0.2) is 41.8 Å². The second kappa shape index (κ2) is 9.69. The molecule has 138 valence electrons. The topological polar surface area (TPSA) is 107 Å². The Morgan fingerprint density at radius 1 is 1.08 bits per heavy atom. The van der Waals surface area contributed by atoms with Crippen LogP contribution in [0.3, 0.4) is 0 Å². The van der Waals surface area contributed by atoms with Crippen LogP contribution in [0.5, 0.6) is 0 Å². The van der Waals surface area contributed by atoms with Crippen molar-refractivity contribution in [3.05, 3.63) is 52.2 Å². The molecular weight excluding hydrogens is 356 g/mol. The third-order valence-electron chi connectivity index (χ3n) is 3.75. The Morgan fingerprint density at radius 3 is 2.46 bits per heavy atom. The predicted molar refractivity (Wildman–Crippen MR) is 98.4 cm³/mol. The lowest BCUT2D eigenvalue weighted by atomic mass is 10.0. The Labute approximate surface area is 154 Å². The molecule has 0 saturated heterocycles. The van der Waals surface area contributed by atoms with E-state index >= 15 is 0 Å². The Bertz CT molecular complexity index is 749. The molecule has 1 aliphatic rings. The van der Waals surface area contributed by atoms with Crippen LogP contribution in [0.2, 0.25) is 0 Å². The summed E-state index contributed by atoms with van der Waals surface area (Å²) < 4.78 is 0. The smallest absolute Gasteiger partial charge is 0.414 e. The number of nitrogens with zero attached hydrogens (tertiary/aromatic N) is 1. The van der Waals surface area contributed by atoms with Gasteiger partial charge in [0, 0.05) is 23.7 Å². The molecule has 3 N–H and O–H groups in total. The van der Waals surface area contributed by atoms with Gasteiger partial charge in [-0.1, -0.05) is 24.3 Å². The van der Waals surface area contributed by atoms with Gasteiger partial charge in [-0.15, -0.1) is 11.3 Å². The van der Waals surface area contributed by atoms with Gasteiger partial charge in [0.1, 0.15) is 0 Å². The van der Waals surface area contributed by atoms with E-state index in [1.807, 2.05) is 29.2 Å². The van der Waals surface area contributed by atoms with Crippen molar-refractivity contribution in [3.63, 3.8) is 0 Å². The van der Waals surface area contributed by atoms with Crippen LogP contribution in [-0.2, 0) is 27.3 Å². The van der Waals surface area contributed by atoms with Crippen molar-refractivity contribution in [2.75, 3.05) is 18.0 Å². The molecule has 1 amide bonds. The summed E-state index contributed by atoms with van der Waals surface area (Å²) in [4.78, 5) is 33.7. The van der Waals surface area contributed by atoms with Crippen molar-refractivity contribution in [2.45, 2.75) is 19.4 Å². The van der Waals surface area contributed by atoms with Gasteiger partial charge in [0.15, 0.2) is 0 Å². The fourth-order valence-corrected chi connectivity index (χ4v) is 3.27. The highest BCUT2D eigenvalue weighted by Gasteiger charge is 2.21. The second-order valence-corrected chi connectivity index (χ2v) is 6.60. The summed E-state index contributed by atoms with van der Waals surface area (Å²) in [5.41, 5.74) is 2.37. The van der Waals surface area contributed by atoms with Crippen LogP contribution >= 0.6 is 11.3 Å². The number of hydrogen-bond donors (Lipinski definition) is 3. The lowest BCUT2D eigenvalue weighted by Gasteiger charge is -2.29. The van der Waals surface area contributed by atoms with Gasteiger partial charge in [-0.2, -0.15) is 0 Å². The number of aliphatic carboxylic acids is 2. The predicted octanol–water partition coefficient (Wildman–Crippen LogP) is 1.97. The number of aryl methyl sites for hydroxylation is 1. The van der Waals surface area contributed by atoms with Gasteiger partial charge in [0.2, 0.25) is 5.91 Å². The van der Waals surface area contributed by atoms with Crippen molar-refractivity contribution in [1.29, 1.82) is 0 Å². The highest BCUT2D eigenvalue weighted by molar-refractivity contribution is 7.09. The standard InChI is InChI=1S/C16H18N2OS.C2H2O4/c19-16(12-17-11-14-7-4-10-20-14)18-9-3-6-13-5-1-2-8-15(13)18;3-1(4)2(5)6/h1-2,4-5,7-8,10,17H,3,6,9,11-12H2;(H,3,4)(H,5,6). The van der Waals surface area contributed by atoms with E-state index in [0.717, 1.165) is 31.6 Å². The Hall–Kier alpha value is -2.71. The number of carboxylic acid groups (broad SMARTS) is 2. The summed E-state index contributed by atoms with van der Waals surface area (Å²) in [6, 6.07) is 12.3. The molecule has 0 spiro atoms. The lowest BCUT2D eigenvalue weighted by molar-refractivity contribution is -0.159. The average molecular weight is 376 g/mol. The molecule has 0 saturated carbocycles. The number of nitrogens with one attached hydrogen (secondary N) is 1. The minimum Gasteiger partial charge on any atom is -0.473 e. The first-order chi connectivity index (χ1) is 12.5. The largest absolute Gasteiger partial charge is 0.473 e.